The Bertz CT molecular complexity index is 1300. The van der Waals surface area contributed by atoms with E-state index in [0.717, 1.165) is 36.8 Å². The Morgan fingerprint density at radius 1 is 1.32 bits per heavy atom. The van der Waals surface area contributed by atoms with Gasteiger partial charge in [-0.05, 0) is 61.8 Å². The van der Waals surface area contributed by atoms with Crippen LogP contribution in [0.4, 0.5) is 16.4 Å². The van der Waals surface area contributed by atoms with Crippen LogP contribution in [0.1, 0.15) is 58.4 Å². The van der Waals surface area contributed by atoms with Crippen LogP contribution >= 0.6 is 0 Å². The Hall–Kier alpha value is -3.88. The lowest BCUT2D eigenvalue weighted by molar-refractivity contribution is -0.143. The average molecular weight is 519 g/mol. The lowest BCUT2D eigenvalue weighted by Gasteiger charge is -2.30. The zero-order chi connectivity index (χ0) is 26.7. The lowest BCUT2D eigenvalue weighted by Crippen LogP contribution is -2.42. The summed E-state index contributed by atoms with van der Waals surface area (Å²) in [5.41, 5.74) is 2.88. The van der Waals surface area contributed by atoms with Crippen LogP contribution in [0, 0.1) is 11.3 Å². The highest BCUT2D eigenvalue weighted by Gasteiger charge is 2.42. The molecule has 198 valence electrons. The zero-order valence-electron chi connectivity index (χ0n) is 21.4. The van der Waals surface area contributed by atoms with Crippen LogP contribution in [-0.4, -0.2) is 72.1 Å². The van der Waals surface area contributed by atoms with Crippen molar-refractivity contribution < 1.29 is 23.9 Å². The van der Waals surface area contributed by atoms with Gasteiger partial charge in [0.2, 0.25) is 5.91 Å². The number of ether oxygens (including phenoxy) is 2. The topological polar surface area (TPSA) is 138 Å². The molecule has 0 unspecified atom stereocenters. The predicted octanol–water partition coefficient (Wildman–Crippen LogP) is 2.62. The molecule has 0 radical (unpaired) electrons. The van der Waals surface area contributed by atoms with Gasteiger partial charge in [0.15, 0.2) is 6.29 Å². The van der Waals surface area contributed by atoms with Gasteiger partial charge in [0.1, 0.15) is 30.0 Å². The quantitative estimate of drug-likeness (QED) is 0.527. The van der Waals surface area contributed by atoms with Crippen LogP contribution in [0.15, 0.2) is 18.3 Å². The SMILES string of the molecule is COC1(CCc2cc(NC(=O)N3CCCc4cc(CN5CCOCC5=O)c(C=O)nc43)ncc2C#N)CC1. The van der Waals surface area contributed by atoms with Crippen molar-refractivity contribution in [3.05, 3.63) is 46.3 Å². The van der Waals surface area contributed by atoms with Crippen molar-refractivity contribution in [2.45, 2.75) is 50.7 Å². The fourth-order valence-corrected chi connectivity index (χ4v) is 5.02. The number of nitrogens with zero attached hydrogens (tertiary/aromatic N) is 5. The second kappa shape index (κ2) is 10.8. The van der Waals surface area contributed by atoms with Crippen LogP contribution < -0.4 is 10.2 Å². The normalized spacial score (nSPS) is 17.9. The average Bonchev–Trinajstić information content (AvgIpc) is 3.73. The monoisotopic (exact) mass is 518 g/mol. The molecule has 0 spiro atoms. The van der Waals surface area contributed by atoms with E-state index in [1.165, 1.54) is 11.1 Å². The number of nitrogens with one attached hydrogen (secondary N) is 1. The number of methoxy groups -OCH3 is 1. The predicted molar refractivity (Wildman–Crippen MR) is 137 cm³/mol. The molecule has 2 aliphatic heterocycles. The molecule has 1 N–H and O–H groups in total. The molecule has 1 saturated carbocycles. The van der Waals surface area contributed by atoms with Crippen molar-refractivity contribution in [3.8, 4) is 6.07 Å². The summed E-state index contributed by atoms with van der Waals surface area (Å²) < 4.78 is 10.8. The molecule has 1 aliphatic carbocycles. The Morgan fingerprint density at radius 3 is 2.87 bits per heavy atom. The van der Waals surface area contributed by atoms with E-state index in [9.17, 15) is 19.6 Å². The van der Waals surface area contributed by atoms with E-state index in [4.69, 9.17) is 9.47 Å². The molecule has 0 bridgehead atoms. The fourth-order valence-electron chi connectivity index (χ4n) is 5.02. The number of hydrogen-bond donors (Lipinski definition) is 1. The van der Waals surface area contributed by atoms with Crippen LogP contribution in [0.2, 0.25) is 0 Å². The van der Waals surface area contributed by atoms with Crippen LogP contribution in [0.5, 0.6) is 0 Å². The fraction of sp³-hybridized carbons (Fsp3) is 0.481. The molecule has 0 atom stereocenters. The number of aryl methyl sites for hydroxylation is 2. The second-order valence-electron chi connectivity index (χ2n) is 9.91. The van der Waals surface area contributed by atoms with Gasteiger partial charge in [-0.25, -0.2) is 14.8 Å². The summed E-state index contributed by atoms with van der Waals surface area (Å²) in [7, 11) is 1.71. The smallest absolute Gasteiger partial charge is 0.328 e. The highest BCUT2D eigenvalue weighted by molar-refractivity contribution is 6.01. The van der Waals surface area contributed by atoms with Crippen molar-refractivity contribution >= 4 is 29.9 Å². The third-order valence-corrected chi connectivity index (χ3v) is 7.51. The highest BCUT2D eigenvalue weighted by atomic mass is 16.5. The molecule has 2 aromatic rings. The molecular formula is C27H30N6O5. The molecular weight excluding hydrogens is 488 g/mol. The molecule has 4 heterocycles. The van der Waals surface area contributed by atoms with Crippen molar-refractivity contribution in [1.82, 2.24) is 14.9 Å². The highest BCUT2D eigenvalue weighted by Crippen LogP contribution is 2.43. The lowest BCUT2D eigenvalue weighted by atomic mass is 10.0. The van der Waals surface area contributed by atoms with Gasteiger partial charge in [0.25, 0.3) is 0 Å². The number of urea groups is 1. The van der Waals surface area contributed by atoms with Gasteiger partial charge in [0, 0.05) is 38.5 Å². The van der Waals surface area contributed by atoms with Crippen molar-refractivity contribution in [2.24, 2.45) is 0 Å². The van der Waals surface area contributed by atoms with Crippen molar-refractivity contribution in [1.29, 1.82) is 5.26 Å². The Balaban J connectivity index is 1.33. The summed E-state index contributed by atoms with van der Waals surface area (Å²) in [4.78, 5) is 49.4. The number of carbonyl (C=O) groups excluding carboxylic acids is 3. The number of nitriles is 1. The first-order valence-corrected chi connectivity index (χ1v) is 12.8. The van der Waals surface area contributed by atoms with E-state index in [1.807, 2.05) is 6.07 Å². The van der Waals surface area contributed by atoms with Gasteiger partial charge in [-0.1, -0.05) is 0 Å². The van der Waals surface area contributed by atoms with E-state index in [-0.39, 0.29) is 30.4 Å². The second-order valence-corrected chi connectivity index (χ2v) is 9.91. The molecule has 3 aliphatic rings. The number of carbonyl (C=O) groups is 3. The number of rotatable bonds is 8. The summed E-state index contributed by atoms with van der Waals surface area (Å²) in [5.74, 6) is 0.643. The van der Waals surface area contributed by atoms with Crippen molar-refractivity contribution in [2.75, 3.05) is 43.6 Å². The molecule has 1 saturated heterocycles. The van der Waals surface area contributed by atoms with Crippen LogP contribution in [0.3, 0.4) is 0 Å². The van der Waals surface area contributed by atoms with Crippen molar-refractivity contribution in [3.63, 3.8) is 0 Å². The third-order valence-electron chi connectivity index (χ3n) is 7.51. The van der Waals surface area contributed by atoms with Gasteiger partial charge in [0.05, 0.1) is 17.8 Å². The van der Waals surface area contributed by atoms with E-state index in [0.29, 0.717) is 61.6 Å². The van der Waals surface area contributed by atoms with Gasteiger partial charge >= 0.3 is 6.03 Å². The Morgan fingerprint density at radius 2 is 2.16 bits per heavy atom. The van der Waals surface area contributed by atoms with Gasteiger partial charge in [-0.3, -0.25) is 19.8 Å². The molecule has 5 rings (SSSR count). The Labute approximate surface area is 220 Å². The summed E-state index contributed by atoms with van der Waals surface area (Å²) in [5, 5.41) is 12.3. The summed E-state index contributed by atoms with van der Waals surface area (Å²) >= 11 is 0. The standard InChI is InChI=1S/C27H30N6O5/c1-37-27(6-7-27)5-4-18-12-23(29-14-21(18)13-28)31-26(36)33-8-2-3-19-11-20(22(16-34)30-25(19)33)15-32-9-10-38-17-24(32)35/h11-12,14,16H,2-10,15,17H2,1H3,(H,29,31,36). The van der Waals surface area contributed by atoms with E-state index in [1.54, 1.807) is 18.1 Å². The number of fused-ring (bicyclic) bond motifs is 1. The Kier molecular flexibility index (Phi) is 7.35. The van der Waals surface area contributed by atoms with Crippen LogP contribution in [0.25, 0.3) is 0 Å². The molecule has 38 heavy (non-hydrogen) atoms. The van der Waals surface area contributed by atoms with Crippen LogP contribution in [-0.2, 0) is 33.7 Å². The number of aromatic nitrogens is 2. The number of amides is 3. The number of morpholine rings is 1. The molecule has 0 aromatic carbocycles. The first kappa shape index (κ1) is 25.8. The minimum absolute atomic E-state index is 0.0289. The largest absolute Gasteiger partial charge is 0.378 e. The number of hydrogen-bond acceptors (Lipinski definition) is 8. The number of anilines is 2. The summed E-state index contributed by atoms with van der Waals surface area (Å²) in [6, 6.07) is 5.37. The summed E-state index contributed by atoms with van der Waals surface area (Å²) in [6.45, 7) is 1.64. The molecule has 11 heteroatoms. The van der Waals surface area contributed by atoms with E-state index in [2.05, 4.69) is 21.4 Å². The molecule has 3 amide bonds. The number of aldehydes is 1. The minimum Gasteiger partial charge on any atom is -0.378 e. The van der Waals surface area contributed by atoms with E-state index >= 15 is 0 Å². The first-order chi connectivity index (χ1) is 18.4. The number of pyridine rings is 2. The maximum absolute atomic E-state index is 13.3. The van der Waals surface area contributed by atoms with Gasteiger partial charge < -0.3 is 14.4 Å². The first-order valence-electron chi connectivity index (χ1n) is 12.8. The minimum atomic E-state index is -0.412. The van der Waals surface area contributed by atoms with E-state index < -0.39 is 6.03 Å². The molecule has 2 aromatic heterocycles. The maximum Gasteiger partial charge on any atom is 0.328 e. The van der Waals surface area contributed by atoms with Gasteiger partial charge in [-0.15, -0.1) is 0 Å². The maximum atomic E-state index is 13.3. The third kappa shape index (κ3) is 5.37. The van der Waals surface area contributed by atoms with Gasteiger partial charge in [-0.2, -0.15) is 5.26 Å². The molecule has 11 nitrogen and oxygen atoms in total. The molecule has 2 fully saturated rings. The zero-order valence-corrected chi connectivity index (χ0v) is 21.4. The summed E-state index contributed by atoms with van der Waals surface area (Å²) in [6.07, 6.45) is 7.03.